The number of ether oxygens (including phenoxy) is 2. The number of allylic oxidation sites excluding steroid dienone is 2. The van der Waals surface area contributed by atoms with E-state index >= 15 is 0 Å². The number of nitrogens with one attached hydrogen (secondary N) is 2. The molecule has 7 aliphatic rings. The van der Waals surface area contributed by atoms with Gasteiger partial charge in [0.25, 0.3) is 0 Å². The number of nitrogens with two attached hydrogens (primary N) is 1. The molecule has 0 bridgehead atoms. The van der Waals surface area contributed by atoms with Crippen molar-refractivity contribution >= 4 is 11.9 Å². The van der Waals surface area contributed by atoms with Crippen LogP contribution in [0.2, 0.25) is 0 Å². The van der Waals surface area contributed by atoms with E-state index in [1.807, 2.05) is 6.92 Å². The van der Waals surface area contributed by atoms with Crippen LogP contribution in [0.15, 0.2) is 24.2 Å². The Balaban J connectivity index is 1.26. The number of imidazole rings is 1. The summed E-state index contributed by atoms with van der Waals surface area (Å²) in [5.74, 6) is -3.81. The summed E-state index contributed by atoms with van der Waals surface area (Å²) in [5.41, 5.74) is 3.99. The maximum atomic E-state index is 14.0. The Bertz CT molecular complexity index is 1900. The number of aliphatic hydroxyl groups is 7. The van der Waals surface area contributed by atoms with Gasteiger partial charge in [0, 0.05) is 35.9 Å². The molecule has 6 fully saturated rings. The number of carbonyl (C=O) groups is 2. The van der Waals surface area contributed by atoms with E-state index in [4.69, 9.17) is 15.2 Å². The van der Waals surface area contributed by atoms with Crippen LogP contribution < -0.4 is 11.1 Å². The van der Waals surface area contributed by atoms with E-state index in [2.05, 4.69) is 49.1 Å². The summed E-state index contributed by atoms with van der Waals surface area (Å²) in [6.45, 7) is 10.2. The van der Waals surface area contributed by atoms with Crippen LogP contribution in [0, 0.1) is 68.0 Å². The van der Waals surface area contributed by atoms with Gasteiger partial charge < -0.3 is 66.4 Å². The van der Waals surface area contributed by atoms with E-state index in [-0.39, 0.29) is 55.8 Å². The summed E-state index contributed by atoms with van der Waals surface area (Å²) in [5, 5.41) is 93.0. The van der Waals surface area contributed by atoms with Crippen molar-refractivity contribution in [2.45, 2.75) is 154 Å². The molecule has 360 valence electrons. The molecule has 5 aliphatic carbocycles. The minimum Gasteiger partial charge on any atom is -0.481 e. The molecule has 2 aliphatic heterocycles. The third-order valence-corrected chi connectivity index (χ3v) is 19.9. The van der Waals surface area contributed by atoms with Crippen LogP contribution in [0.1, 0.15) is 117 Å². The van der Waals surface area contributed by atoms with Gasteiger partial charge in [-0.1, -0.05) is 46.3 Å². The Morgan fingerprint density at radius 1 is 0.984 bits per heavy atom. The molecule has 0 aromatic carbocycles. The minimum atomic E-state index is -1.64. The van der Waals surface area contributed by atoms with E-state index in [0.717, 1.165) is 17.7 Å². The maximum Gasteiger partial charge on any atom is 0.310 e. The number of hydrogen-bond acceptors (Lipinski definition) is 13. The molecule has 3 heterocycles. The normalized spacial score (nSPS) is 49.4. The van der Waals surface area contributed by atoms with E-state index < -0.39 is 106 Å². The summed E-state index contributed by atoms with van der Waals surface area (Å²) in [6, 6.07) is -0.462. The van der Waals surface area contributed by atoms with Crippen LogP contribution in [0.25, 0.3) is 0 Å². The lowest BCUT2D eigenvalue weighted by Gasteiger charge is -2.73. The van der Waals surface area contributed by atoms with Gasteiger partial charge >= 0.3 is 5.97 Å². The van der Waals surface area contributed by atoms with E-state index in [1.54, 1.807) is 12.5 Å². The van der Waals surface area contributed by atoms with Gasteiger partial charge in [0.2, 0.25) is 5.91 Å². The standard InChI is InChI=1S/C48H76N4O12/c1-43(22-54)12-14-48(42(61)62)15-13-45(3)28(30(48)18-43)8-9-34-46(45,4)11-10-33-44(2,23-55)39(64-41-38(59)37(58)32(56)21-63-41)36(57)29(47(33,34)5)17-26-27(20-53)40(60)52-35(26)25(7-6-16-49)31-19-50-24-51-31/h8,19,24-27,29-30,32-39,41,53-59H,6-7,9-18,20-23,49H2,1-5H3,(H,50,51)(H,52,60)(H,61,62)/t25-,26-,27+,29-,30+,32-,33-,34+,35+,36-,37+,38-,39-,41+,43+,44+,45-,46-,47+,48+/m1/s1. The van der Waals surface area contributed by atoms with Gasteiger partial charge in [-0.2, -0.15) is 0 Å². The highest BCUT2D eigenvalue weighted by Gasteiger charge is 2.74. The number of aromatic nitrogens is 2. The molecule has 16 nitrogen and oxygen atoms in total. The molecular weight excluding hydrogens is 825 g/mol. The predicted octanol–water partition coefficient (Wildman–Crippen LogP) is 2.20. The number of H-pyrrole nitrogens is 1. The third kappa shape index (κ3) is 7.00. The molecular formula is C48H76N4O12. The largest absolute Gasteiger partial charge is 0.481 e. The topological polar surface area (TPSA) is 281 Å². The van der Waals surface area contributed by atoms with Crippen molar-refractivity contribution in [1.82, 2.24) is 15.3 Å². The molecule has 1 aromatic rings. The van der Waals surface area contributed by atoms with Crippen LogP contribution in [-0.2, 0) is 19.1 Å². The predicted molar refractivity (Wildman–Crippen MR) is 233 cm³/mol. The Labute approximate surface area is 376 Å². The van der Waals surface area contributed by atoms with Crippen molar-refractivity contribution in [3.05, 3.63) is 29.9 Å². The quantitative estimate of drug-likeness (QED) is 0.100. The summed E-state index contributed by atoms with van der Waals surface area (Å²) in [4.78, 5) is 34.9. The zero-order valence-corrected chi connectivity index (χ0v) is 38.4. The molecule has 20 atom stereocenters. The second-order valence-corrected chi connectivity index (χ2v) is 22.7. The van der Waals surface area contributed by atoms with Crippen molar-refractivity contribution in [2.24, 2.45) is 73.7 Å². The van der Waals surface area contributed by atoms with Crippen molar-refractivity contribution in [3.8, 4) is 0 Å². The third-order valence-electron chi connectivity index (χ3n) is 19.9. The number of hydrogen-bond donors (Lipinski definition) is 11. The Hall–Kier alpha value is -2.51. The number of nitrogens with zero attached hydrogens (tertiary/aromatic N) is 1. The number of rotatable bonds is 13. The van der Waals surface area contributed by atoms with Crippen molar-refractivity contribution in [1.29, 1.82) is 0 Å². The monoisotopic (exact) mass is 901 g/mol. The Morgan fingerprint density at radius 2 is 1.72 bits per heavy atom. The summed E-state index contributed by atoms with van der Waals surface area (Å²) >= 11 is 0. The number of amides is 1. The number of carbonyl (C=O) groups excluding carboxylic acids is 1. The first-order valence-corrected chi connectivity index (χ1v) is 24.0. The van der Waals surface area contributed by atoms with Crippen LogP contribution in [0.3, 0.4) is 0 Å². The lowest BCUT2D eigenvalue weighted by molar-refractivity contribution is -0.340. The zero-order chi connectivity index (χ0) is 46.4. The van der Waals surface area contributed by atoms with Crippen LogP contribution in [-0.4, -0.2) is 139 Å². The van der Waals surface area contributed by atoms with Crippen molar-refractivity contribution < 1.29 is 59.9 Å². The van der Waals surface area contributed by atoms with Crippen LogP contribution in [0.5, 0.6) is 0 Å². The lowest BCUT2D eigenvalue weighted by Crippen LogP contribution is -2.72. The summed E-state index contributed by atoms with van der Waals surface area (Å²) in [6.07, 6.45) is 3.66. The zero-order valence-electron chi connectivity index (χ0n) is 38.4. The minimum absolute atomic E-state index is 0.0182. The van der Waals surface area contributed by atoms with E-state index in [0.29, 0.717) is 64.3 Å². The molecule has 0 spiro atoms. The first kappa shape index (κ1) is 48.0. The second kappa shape index (κ2) is 17.2. The average Bonchev–Trinajstić information content (AvgIpc) is 3.91. The highest BCUT2D eigenvalue weighted by Crippen LogP contribution is 2.77. The highest BCUT2D eigenvalue weighted by atomic mass is 16.7. The number of aliphatic carboxylic acids is 1. The van der Waals surface area contributed by atoms with Gasteiger partial charge in [-0.3, -0.25) is 9.59 Å². The van der Waals surface area contributed by atoms with Gasteiger partial charge in [0.1, 0.15) is 18.3 Å². The van der Waals surface area contributed by atoms with Crippen LogP contribution in [0.4, 0.5) is 0 Å². The molecule has 12 N–H and O–H groups in total. The van der Waals surface area contributed by atoms with Gasteiger partial charge in [0.15, 0.2) is 6.29 Å². The summed E-state index contributed by atoms with van der Waals surface area (Å²) < 4.78 is 12.4. The second-order valence-electron chi connectivity index (χ2n) is 22.7. The van der Waals surface area contributed by atoms with E-state index in [1.165, 1.54) is 0 Å². The number of aliphatic hydroxyl groups excluding tert-OH is 7. The SMILES string of the molecule is C[C@]1(CO)CC[C@]2(C(=O)O)CC[C@]3(C)C(=CC[C@@H]4[C@@]5(C)[C@H](C[C@H]6[C@H]([C@H](CCCN)c7cnc[nH]7)NC(=O)[C@H]6CO)[C@@H](O)[C@@H](O[C@@H]6OC[C@@H](O)[C@H](O)[C@H]6O)[C@@](C)(CO)[C@H]5CC[C@]43C)[C@@H]2C1. The maximum absolute atomic E-state index is 14.0. The first-order chi connectivity index (χ1) is 30.2. The van der Waals surface area contributed by atoms with Gasteiger partial charge in [0.05, 0.1) is 49.7 Å². The fourth-order valence-corrected chi connectivity index (χ4v) is 15.9. The van der Waals surface area contributed by atoms with Gasteiger partial charge in [-0.15, -0.1) is 0 Å². The fourth-order valence-electron chi connectivity index (χ4n) is 15.9. The van der Waals surface area contributed by atoms with Crippen molar-refractivity contribution in [2.75, 3.05) is 33.0 Å². The molecule has 4 saturated carbocycles. The molecule has 2 saturated heterocycles. The number of carboxylic acids is 1. The Morgan fingerprint density at radius 3 is 2.36 bits per heavy atom. The van der Waals surface area contributed by atoms with Gasteiger partial charge in [-0.25, -0.2) is 4.98 Å². The summed E-state index contributed by atoms with van der Waals surface area (Å²) in [7, 11) is 0. The fraction of sp³-hybridized carbons (Fsp3) is 0.854. The molecule has 8 rings (SSSR count). The molecule has 0 radical (unpaired) electrons. The number of carboxylic acid groups (broad SMARTS) is 1. The Kier molecular flexibility index (Phi) is 12.9. The number of fused-ring (bicyclic) bond motifs is 7. The molecule has 0 unspecified atom stereocenters. The highest BCUT2D eigenvalue weighted by molar-refractivity contribution is 5.82. The molecule has 16 heteroatoms. The molecule has 1 amide bonds. The first-order valence-electron chi connectivity index (χ1n) is 24.0. The van der Waals surface area contributed by atoms with Crippen molar-refractivity contribution in [3.63, 3.8) is 0 Å². The molecule has 1 aromatic heterocycles. The lowest BCUT2D eigenvalue weighted by atomic mass is 9.31. The van der Waals surface area contributed by atoms with Crippen LogP contribution >= 0.6 is 0 Å². The van der Waals surface area contributed by atoms with E-state index in [9.17, 15) is 50.4 Å². The number of aromatic amines is 1. The van der Waals surface area contributed by atoms with Gasteiger partial charge in [-0.05, 0) is 128 Å². The average molecular weight is 901 g/mol. The smallest absolute Gasteiger partial charge is 0.310 e. The molecule has 64 heavy (non-hydrogen) atoms.